The van der Waals surface area contributed by atoms with Gasteiger partial charge in [0.2, 0.25) is 0 Å². The third-order valence-corrected chi connectivity index (χ3v) is 4.27. The molecule has 1 fully saturated rings. The van der Waals surface area contributed by atoms with Crippen molar-refractivity contribution in [2.24, 2.45) is 5.92 Å². The number of nitrogens with zero attached hydrogens (tertiary/aromatic N) is 2. The minimum Gasteiger partial charge on any atom is -0.493 e. The van der Waals surface area contributed by atoms with Crippen LogP contribution in [0.3, 0.4) is 0 Å². The van der Waals surface area contributed by atoms with Crippen LogP contribution < -0.4 is 10.1 Å². The molecule has 1 aromatic carbocycles. The summed E-state index contributed by atoms with van der Waals surface area (Å²) in [5.41, 5.74) is 2.21. The molecule has 5 heteroatoms. The maximum Gasteiger partial charge on any atom is 0.257 e. The molecule has 110 valence electrons. The number of hydrogen-bond acceptors (Lipinski definition) is 5. The van der Waals surface area contributed by atoms with E-state index in [0.29, 0.717) is 11.8 Å². The molecule has 1 saturated heterocycles. The number of piperidine rings is 1. The maximum atomic E-state index is 5.52. The number of benzene rings is 1. The average Bonchev–Trinajstić information content (AvgIpc) is 3.16. The Labute approximate surface area is 123 Å². The maximum absolute atomic E-state index is 5.52. The monoisotopic (exact) mass is 285 g/mol. The van der Waals surface area contributed by atoms with Gasteiger partial charge in [-0.2, -0.15) is 4.98 Å². The predicted octanol–water partition coefficient (Wildman–Crippen LogP) is 2.21. The minimum absolute atomic E-state index is 0.614. The molecule has 0 aliphatic carbocycles. The highest BCUT2D eigenvalue weighted by atomic mass is 16.5. The molecule has 0 saturated carbocycles. The first-order valence-electron chi connectivity index (χ1n) is 7.68. The fourth-order valence-corrected chi connectivity index (χ4v) is 3.13. The van der Waals surface area contributed by atoms with E-state index < -0.39 is 0 Å². The molecule has 5 nitrogen and oxygen atoms in total. The Morgan fingerprint density at radius 3 is 3.24 bits per heavy atom. The molecule has 2 aliphatic rings. The smallest absolute Gasteiger partial charge is 0.257 e. The Balaban J connectivity index is 1.51. The van der Waals surface area contributed by atoms with Gasteiger partial charge in [-0.15, -0.1) is 0 Å². The Morgan fingerprint density at radius 1 is 1.33 bits per heavy atom. The molecule has 0 spiro atoms. The molecule has 1 atom stereocenters. The van der Waals surface area contributed by atoms with Gasteiger partial charge in [0.15, 0.2) is 5.82 Å². The highest BCUT2D eigenvalue weighted by Gasteiger charge is 2.19. The number of fused-ring (bicyclic) bond motifs is 1. The van der Waals surface area contributed by atoms with E-state index in [2.05, 4.69) is 21.5 Å². The van der Waals surface area contributed by atoms with Crippen molar-refractivity contribution in [1.29, 1.82) is 0 Å². The van der Waals surface area contributed by atoms with Gasteiger partial charge in [0.25, 0.3) is 5.89 Å². The largest absolute Gasteiger partial charge is 0.493 e. The van der Waals surface area contributed by atoms with Crippen molar-refractivity contribution in [1.82, 2.24) is 15.5 Å². The van der Waals surface area contributed by atoms with Crippen LogP contribution in [0.5, 0.6) is 5.75 Å². The number of nitrogens with one attached hydrogen (secondary N) is 1. The van der Waals surface area contributed by atoms with Crippen molar-refractivity contribution in [3.8, 4) is 17.2 Å². The number of hydrogen-bond donors (Lipinski definition) is 1. The molecule has 0 bridgehead atoms. The van der Waals surface area contributed by atoms with Crippen molar-refractivity contribution in [3.05, 3.63) is 29.6 Å². The fourth-order valence-electron chi connectivity index (χ4n) is 3.13. The molecule has 1 aromatic heterocycles. The van der Waals surface area contributed by atoms with E-state index in [4.69, 9.17) is 9.26 Å². The van der Waals surface area contributed by atoms with Crippen LogP contribution in [0.25, 0.3) is 11.5 Å². The summed E-state index contributed by atoms with van der Waals surface area (Å²) in [5.74, 6) is 3.03. The van der Waals surface area contributed by atoms with Gasteiger partial charge >= 0.3 is 0 Å². The molecule has 21 heavy (non-hydrogen) atoms. The summed E-state index contributed by atoms with van der Waals surface area (Å²) in [6, 6.07) is 6.08. The molecular weight excluding hydrogens is 266 g/mol. The molecule has 1 N–H and O–H groups in total. The fraction of sp³-hybridized carbons (Fsp3) is 0.500. The van der Waals surface area contributed by atoms with Gasteiger partial charge in [0.1, 0.15) is 5.75 Å². The van der Waals surface area contributed by atoms with Gasteiger partial charge in [-0.05, 0) is 55.6 Å². The molecule has 0 radical (unpaired) electrons. The SMILES string of the molecule is c1cc2c(cc1-c1nc(CC3CCCNC3)no1)CCO2. The van der Waals surface area contributed by atoms with E-state index in [-0.39, 0.29) is 0 Å². The van der Waals surface area contributed by atoms with Crippen LogP contribution in [-0.2, 0) is 12.8 Å². The lowest BCUT2D eigenvalue weighted by Gasteiger charge is -2.20. The van der Waals surface area contributed by atoms with E-state index >= 15 is 0 Å². The van der Waals surface area contributed by atoms with Crippen molar-refractivity contribution in [2.75, 3.05) is 19.7 Å². The second-order valence-corrected chi connectivity index (χ2v) is 5.85. The summed E-state index contributed by atoms with van der Waals surface area (Å²) in [5, 5.41) is 7.56. The highest BCUT2D eigenvalue weighted by molar-refractivity contribution is 5.58. The van der Waals surface area contributed by atoms with Crippen molar-refractivity contribution < 1.29 is 9.26 Å². The van der Waals surface area contributed by atoms with Gasteiger partial charge in [-0.1, -0.05) is 5.16 Å². The van der Waals surface area contributed by atoms with E-state index in [0.717, 1.165) is 49.7 Å². The zero-order valence-corrected chi connectivity index (χ0v) is 12.0. The molecular formula is C16H19N3O2. The lowest BCUT2D eigenvalue weighted by molar-refractivity contribution is 0.356. The second-order valence-electron chi connectivity index (χ2n) is 5.85. The van der Waals surface area contributed by atoms with Crippen molar-refractivity contribution in [2.45, 2.75) is 25.7 Å². The zero-order chi connectivity index (χ0) is 14.1. The van der Waals surface area contributed by atoms with Crippen LogP contribution in [-0.4, -0.2) is 29.8 Å². The molecule has 2 aromatic rings. The molecule has 1 unspecified atom stereocenters. The van der Waals surface area contributed by atoms with Crippen LogP contribution in [0.1, 0.15) is 24.2 Å². The van der Waals surface area contributed by atoms with Gasteiger partial charge in [-0.3, -0.25) is 0 Å². The van der Waals surface area contributed by atoms with E-state index in [1.54, 1.807) is 0 Å². The van der Waals surface area contributed by atoms with E-state index in [1.807, 2.05) is 12.1 Å². The van der Waals surface area contributed by atoms with Crippen LogP contribution in [0.2, 0.25) is 0 Å². The van der Waals surface area contributed by atoms with Crippen LogP contribution in [0.15, 0.2) is 22.7 Å². The first kappa shape index (κ1) is 12.8. The summed E-state index contributed by atoms with van der Waals surface area (Å²) < 4.78 is 11.0. The van der Waals surface area contributed by atoms with Crippen molar-refractivity contribution in [3.63, 3.8) is 0 Å². The summed E-state index contributed by atoms with van der Waals surface area (Å²) in [6.07, 6.45) is 4.33. The minimum atomic E-state index is 0.614. The Bertz CT molecular complexity index is 632. The number of rotatable bonds is 3. The van der Waals surface area contributed by atoms with E-state index in [9.17, 15) is 0 Å². The molecule has 2 aliphatic heterocycles. The Morgan fingerprint density at radius 2 is 2.33 bits per heavy atom. The second kappa shape index (κ2) is 5.48. The predicted molar refractivity (Wildman–Crippen MR) is 78.2 cm³/mol. The third kappa shape index (κ3) is 2.65. The average molecular weight is 285 g/mol. The van der Waals surface area contributed by atoms with Crippen LogP contribution in [0, 0.1) is 5.92 Å². The van der Waals surface area contributed by atoms with Gasteiger partial charge in [0, 0.05) is 18.4 Å². The van der Waals surface area contributed by atoms with E-state index in [1.165, 1.54) is 18.4 Å². The lowest BCUT2D eigenvalue weighted by Crippen LogP contribution is -2.31. The topological polar surface area (TPSA) is 60.2 Å². The lowest BCUT2D eigenvalue weighted by atomic mass is 9.96. The molecule has 0 amide bonds. The Kier molecular flexibility index (Phi) is 3.35. The van der Waals surface area contributed by atoms with Gasteiger partial charge in [-0.25, -0.2) is 0 Å². The summed E-state index contributed by atoms with van der Waals surface area (Å²) in [6.45, 7) is 2.95. The number of aromatic nitrogens is 2. The Hall–Kier alpha value is -1.88. The van der Waals surface area contributed by atoms with Crippen LogP contribution >= 0.6 is 0 Å². The first-order chi connectivity index (χ1) is 10.4. The van der Waals surface area contributed by atoms with Crippen molar-refractivity contribution >= 4 is 0 Å². The third-order valence-electron chi connectivity index (χ3n) is 4.27. The summed E-state index contributed by atoms with van der Waals surface area (Å²) >= 11 is 0. The number of ether oxygens (including phenoxy) is 1. The summed E-state index contributed by atoms with van der Waals surface area (Å²) in [4.78, 5) is 4.55. The summed E-state index contributed by atoms with van der Waals surface area (Å²) in [7, 11) is 0. The van der Waals surface area contributed by atoms with Gasteiger partial charge < -0.3 is 14.6 Å². The highest BCUT2D eigenvalue weighted by Crippen LogP contribution is 2.30. The van der Waals surface area contributed by atoms with Gasteiger partial charge in [0.05, 0.1) is 6.61 Å². The quantitative estimate of drug-likeness (QED) is 0.937. The first-order valence-corrected chi connectivity index (χ1v) is 7.68. The van der Waals surface area contributed by atoms with Crippen LogP contribution in [0.4, 0.5) is 0 Å². The normalized spacial score (nSPS) is 21.0. The standard InChI is InChI=1S/C16H19N3O2/c1-2-11(10-17-6-1)8-15-18-16(21-19-15)13-3-4-14-12(9-13)5-7-20-14/h3-4,9,11,17H,1-2,5-8,10H2. The molecule has 4 rings (SSSR count). The molecule has 3 heterocycles. The zero-order valence-electron chi connectivity index (χ0n) is 12.0.